The highest BCUT2D eigenvalue weighted by molar-refractivity contribution is 5.89. The number of hydrogen-bond donors (Lipinski definition) is 1. The number of amides is 2. The highest BCUT2D eigenvalue weighted by atomic mass is 16.2. The lowest BCUT2D eigenvalue weighted by molar-refractivity contribution is -0.132. The first kappa shape index (κ1) is 17.6. The number of piperidine rings is 1. The average Bonchev–Trinajstić information content (AvgIpc) is 2.99. The fraction of sp³-hybridized carbons (Fsp3) is 0.667. The normalized spacial score (nSPS) is 22.4. The molecule has 1 atom stereocenters. The summed E-state index contributed by atoms with van der Waals surface area (Å²) in [4.78, 5) is 37.1. The fourth-order valence-corrected chi connectivity index (χ4v) is 3.56. The molecular weight excluding hydrogens is 318 g/mol. The predicted molar refractivity (Wildman–Crippen MR) is 95.0 cm³/mol. The van der Waals surface area contributed by atoms with E-state index in [0.717, 1.165) is 31.7 Å². The van der Waals surface area contributed by atoms with Gasteiger partial charge < -0.3 is 15.1 Å². The summed E-state index contributed by atoms with van der Waals surface area (Å²) >= 11 is 0. The van der Waals surface area contributed by atoms with Crippen molar-refractivity contribution < 1.29 is 9.59 Å². The third kappa shape index (κ3) is 4.08. The molecule has 0 aliphatic carbocycles. The molecule has 1 aromatic rings. The molecule has 0 bridgehead atoms. The smallest absolute Gasteiger partial charge is 0.225 e. The van der Waals surface area contributed by atoms with Gasteiger partial charge in [-0.2, -0.15) is 0 Å². The van der Waals surface area contributed by atoms with Crippen molar-refractivity contribution in [1.29, 1.82) is 0 Å². The van der Waals surface area contributed by atoms with Gasteiger partial charge in [0.2, 0.25) is 11.8 Å². The molecule has 7 nitrogen and oxygen atoms in total. The van der Waals surface area contributed by atoms with Crippen molar-refractivity contribution in [2.24, 2.45) is 5.92 Å². The Bertz CT molecular complexity index is 620. The van der Waals surface area contributed by atoms with Crippen molar-refractivity contribution in [1.82, 2.24) is 20.2 Å². The number of rotatable bonds is 3. The Hall–Kier alpha value is -2.18. The zero-order valence-electron chi connectivity index (χ0n) is 15.2. The lowest BCUT2D eigenvalue weighted by Crippen LogP contribution is -2.47. The minimum absolute atomic E-state index is 0.0121. The molecule has 2 aliphatic rings. The lowest BCUT2D eigenvalue weighted by Gasteiger charge is -2.34. The molecule has 25 heavy (non-hydrogen) atoms. The van der Waals surface area contributed by atoms with Crippen LogP contribution in [0.5, 0.6) is 0 Å². The zero-order chi connectivity index (χ0) is 18.0. The van der Waals surface area contributed by atoms with E-state index in [1.807, 2.05) is 25.7 Å². The number of likely N-dealkylation sites (tertiary alicyclic amines) is 1. The van der Waals surface area contributed by atoms with Crippen LogP contribution in [0.2, 0.25) is 0 Å². The van der Waals surface area contributed by atoms with E-state index in [-0.39, 0.29) is 29.3 Å². The Morgan fingerprint density at radius 1 is 1.24 bits per heavy atom. The average molecular weight is 345 g/mol. The van der Waals surface area contributed by atoms with Crippen LogP contribution in [0.3, 0.4) is 0 Å². The quantitative estimate of drug-likeness (QED) is 0.891. The van der Waals surface area contributed by atoms with Crippen LogP contribution in [-0.4, -0.2) is 57.9 Å². The maximum absolute atomic E-state index is 12.6. The number of anilines is 1. The van der Waals surface area contributed by atoms with Gasteiger partial charge in [-0.15, -0.1) is 0 Å². The summed E-state index contributed by atoms with van der Waals surface area (Å²) < 4.78 is 0. The monoisotopic (exact) mass is 345 g/mol. The molecule has 2 fully saturated rings. The van der Waals surface area contributed by atoms with Gasteiger partial charge in [0.1, 0.15) is 5.82 Å². The van der Waals surface area contributed by atoms with Crippen LogP contribution in [0.25, 0.3) is 0 Å². The molecule has 2 saturated heterocycles. The Balaban J connectivity index is 1.49. The molecule has 3 heterocycles. The minimum Gasteiger partial charge on any atom is -0.355 e. The SMILES string of the molecule is CC(C)(C)N1C[C@@H](C(=O)NC2CCN(c3cnccn3)CC2)CC1=O. The molecule has 0 aromatic carbocycles. The van der Waals surface area contributed by atoms with E-state index in [0.29, 0.717) is 13.0 Å². The van der Waals surface area contributed by atoms with Crippen molar-refractivity contribution in [3.8, 4) is 0 Å². The van der Waals surface area contributed by atoms with Crippen molar-refractivity contribution >= 4 is 17.6 Å². The molecule has 3 rings (SSSR count). The van der Waals surface area contributed by atoms with E-state index in [1.165, 1.54) is 0 Å². The van der Waals surface area contributed by atoms with Crippen molar-refractivity contribution in [2.45, 2.75) is 51.6 Å². The summed E-state index contributed by atoms with van der Waals surface area (Å²) in [6.45, 7) is 8.24. The van der Waals surface area contributed by atoms with E-state index in [1.54, 1.807) is 18.6 Å². The Morgan fingerprint density at radius 3 is 2.52 bits per heavy atom. The number of nitrogens with one attached hydrogen (secondary N) is 1. The van der Waals surface area contributed by atoms with Crippen LogP contribution in [0, 0.1) is 5.92 Å². The molecule has 2 aliphatic heterocycles. The first-order valence-corrected chi connectivity index (χ1v) is 8.96. The van der Waals surface area contributed by atoms with Crippen LogP contribution in [-0.2, 0) is 9.59 Å². The van der Waals surface area contributed by atoms with E-state index in [9.17, 15) is 9.59 Å². The molecular formula is C18H27N5O2. The Morgan fingerprint density at radius 2 is 1.96 bits per heavy atom. The van der Waals surface area contributed by atoms with Gasteiger partial charge in [-0.05, 0) is 33.6 Å². The maximum Gasteiger partial charge on any atom is 0.225 e. The van der Waals surface area contributed by atoms with Crippen LogP contribution in [0.1, 0.15) is 40.0 Å². The van der Waals surface area contributed by atoms with Crippen LogP contribution < -0.4 is 10.2 Å². The van der Waals surface area contributed by atoms with Gasteiger partial charge >= 0.3 is 0 Å². The fourth-order valence-electron chi connectivity index (χ4n) is 3.56. The van der Waals surface area contributed by atoms with E-state index in [2.05, 4.69) is 20.2 Å². The molecule has 0 radical (unpaired) electrons. The van der Waals surface area contributed by atoms with Gasteiger partial charge in [-0.1, -0.05) is 0 Å². The third-order valence-electron chi connectivity index (χ3n) is 5.02. The summed E-state index contributed by atoms with van der Waals surface area (Å²) in [5.74, 6) is 0.738. The summed E-state index contributed by atoms with van der Waals surface area (Å²) in [6, 6.07) is 0.166. The Kier molecular flexibility index (Phi) is 4.92. The number of carbonyl (C=O) groups excluding carboxylic acids is 2. The summed E-state index contributed by atoms with van der Waals surface area (Å²) in [6.07, 6.45) is 7.21. The summed E-state index contributed by atoms with van der Waals surface area (Å²) in [7, 11) is 0. The summed E-state index contributed by atoms with van der Waals surface area (Å²) in [5.41, 5.74) is -0.228. The van der Waals surface area contributed by atoms with E-state index >= 15 is 0 Å². The molecule has 0 saturated carbocycles. The second-order valence-electron chi connectivity index (χ2n) is 7.91. The standard InChI is InChI=1S/C18H27N5O2/c1-18(2,3)23-12-13(10-16(23)24)17(25)21-14-4-8-22(9-5-14)15-11-19-6-7-20-15/h6-7,11,13-14H,4-5,8-10,12H2,1-3H3,(H,21,25)/t13-/m0/s1. The summed E-state index contributed by atoms with van der Waals surface area (Å²) in [5, 5.41) is 3.14. The van der Waals surface area contributed by atoms with Crippen LogP contribution in [0.15, 0.2) is 18.6 Å². The van der Waals surface area contributed by atoms with Crippen molar-refractivity contribution in [3.63, 3.8) is 0 Å². The lowest BCUT2D eigenvalue weighted by atomic mass is 10.0. The largest absolute Gasteiger partial charge is 0.355 e. The zero-order valence-corrected chi connectivity index (χ0v) is 15.2. The van der Waals surface area contributed by atoms with E-state index in [4.69, 9.17) is 0 Å². The van der Waals surface area contributed by atoms with Crippen molar-refractivity contribution in [3.05, 3.63) is 18.6 Å². The highest BCUT2D eigenvalue weighted by Crippen LogP contribution is 2.26. The van der Waals surface area contributed by atoms with Gasteiger partial charge in [0.05, 0.1) is 12.1 Å². The van der Waals surface area contributed by atoms with Crippen LogP contribution in [0.4, 0.5) is 5.82 Å². The van der Waals surface area contributed by atoms with Crippen LogP contribution >= 0.6 is 0 Å². The molecule has 0 spiro atoms. The van der Waals surface area contributed by atoms with E-state index < -0.39 is 0 Å². The molecule has 0 unspecified atom stereocenters. The minimum atomic E-state index is -0.232. The van der Waals surface area contributed by atoms with Gasteiger partial charge in [-0.25, -0.2) is 4.98 Å². The topological polar surface area (TPSA) is 78.4 Å². The first-order valence-electron chi connectivity index (χ1n) is 8.96. The highest BCUT2D eigenvalue weighted by Gasteiger charge is 2.39. The molecule has 1 N–H and O–H groups in total. The second-order valence-corrected chi connectivity index (χ2v) is 7.91. The molecule has 136 valence electrons. The first-order chi connectivity index (χ1) is 11.8. The molecule has 7 heteroatoms. The Labute approximate surface area is 148 Å². The number of hydrogen-bond acceptors (Lipinski definition) is 5. The van der Waals surface area contributed by atoms with Gasteiger partial charge in [0.15, 0.2) is 0 Å². The maximum atomic E-state index is 12.6. The molecule has 1 aromatic heterocycles. The van der Waals surface area contributed by atoms with Gasteiger partial charge in [0, 0.05) is 50.0 Å². The second kappa shape index (κ2) is 6.98. The number of carbonyl (C=O) groups is 2. The number of nitrogens with zero attached hydrogens (tertiary/aromatic N) is 4. The van der Waals surface area contributed by atoms with Gasteiger partial charge in [-0.3, -0.25) is 14.6 Å². The molecule has 2 amide bonds. The predicted octanol–water partition coefficient (Wildman–Crippen LogP) is 1.21. The van der Waals surface area contributed by atoms with Crippen molar-refractivity contribution in [2.75, 3.05) is 24.5 Å². The van der Waals surface area contributed by atoms with Gasteiger partial charge in [0.25, 0.3) is 0 Å². The third-order valence-corrected chi connectivity index (χ3v) is 5.02. The number of aromatic nitrogens is 2.